The second-order valence-corrected chi connectivity index (χ2v) is 4.45. The minimum Gasteiger partial charge on any atom is -0.399 e. The van der Waals surface area contributed by atoms with Gasteiger partial charge in [-0.25, -0.2) is 13.8 Å². The van der Waals surface area contributed by atoms with Crippen LogP contribution in [0.1, 0.15) is 5.56 Å². The zero-order valence-electron chi connectivity index (χ0n) is 10.6. The molecule has 2 heterocycles. The largest absolute Gasteiger partial charge is 0.399 e. The van der Waals surface area contributed by atoms with Crippen molar-refractivity contribution in [2.24, 2.45) is 7.05 Å². The van der Waals surface area contributed by atoms with Crippen molar-refractivity contribution in [3.8, 4) is 0 Å². The Balaban J connectivity index is 2.06. The molecule has 0 saturated carbocycles. The van der Waals surface area contributed by atoms with Gasteiger partial charge in [-0.15, -0.1) is 5.10 Å². The Kier molecular flexibility index (Phi) is 2.70. The van der Waals surface area contributed by atoms with Gasteiger partial charge in [-0.05, 0) is 23.8 Å². The van der Waals surface area contributed by atoms with Crippen LogP contribution in [0.3, 0.4) is 0 Å². The van der Waals surface area contributed by atoms with Crippen molar-refractivity contribution < 1.29 is 4.39 Å². The second kappa shape index (κ2) is 4.41. The number of hydrogen-bond acceptors (Lipinski definition) is 5. The predicted molar refractivity (Wildman–Crippen MR) is 70.5 cm³/mol. The summed E-state index contributed by atoms with van der Waals surface area (Å²) in [5, 5.41) is 12.1. The molecule has 3 rings (SSSR count). The Labute approximate surface area is 112 Å². The Morgan fingerprint density at radius 3 is 2.90 bits per heavy atom. The van der Waals surface area contributed by atoms with E-state index >= 15 is 0 Å². The van der Waals surface area contributed by atoms with Crippen molar-refractivity contribution in [3.05, 3.63) is 46.1 Å². The molecule has 20 heavy (non-hydrogen) atoms. The summed E-state index contributed by atoms with van der Waals surface area (Å²) in [6, 6.07) is 4.10. The van der Waals surface area contributed by atoms with Crippen molar-refractivity contribution >= 4 is 16.7 Å². The lowest BCUT2D eigenvalue weighted by Gasteiger charge is -2.05. The van der Waals surface area contributed by atoms with Crippen LogP contribution in [0.25, 0.3) is 11.0 Å². The van der Waals surface area contributed by atoms with Gasteiger partial charge in [0.25, 0.3) is 5.56 Å². The van der Waals surface area contributed by atoms with E-state index in [1.807, 2.05) is 0 Å². The molecule has 0 fully saturated rings. The van der Waals surface area contributed by atoms with E-state index in [4.69, 9.17) is 5.73 Å². The van der Waals surface area contributed by atoms with Crippen molar-refractivity contribution in [2.45, 2.75) is 6.54 Å². The quantitative estimate of drug-likeness (QED) is 0.678. The van der Waals surface area contributed by atoms with Crippen LogP contribution in [0.2, 0.25) is 0 Å². The monoisotopic (exact) mass is 274 g/mol. The first-order chi connectivity index (χ1) is 9.54. The van der Waals surface area contributed by atoms with Crippen molar-refractivity contribution in [1.29, 1.82) is 0 Å². The first-order valence-electron chi connectivity index (χ1n) is 5.85. The van der Waals surface area contributed by atoms with Crippen LogP contribution < -0.4 is 11.3 Å². The molecule has 3 aromatic rings. The standard InChI is InChI=1S/C12H11FN6O/c1-18-11-10(5-15-18)12(20)19(17-16-11)6-7-2-8(13)4-9(14)3-7/h2-5H,6,14H2,1H3. The number of hydrogen-bond donors (Lipinski definition) is 1. The molecule has 0 aliphatic carbocycles. The summed E-state index contributed by atoms with van der Waals surface area (Å²) in [6.07, 6.45) is 1.43. The molecule has 0 saturated heterocycles. The minimum atomic E-state index is -0.455. The molecule has 7 nitrogen and oxygen atoms in total. The summed E-state index contributed by atoms with van der Waals surface area (Å²) in [5.74, 6) is -0.455. The molecule has 0 radical (unpaired) electrons. The first-order valence-corrected chi connectivity index (χ1v) is 5.85. The summed E-state index contributed by atoms with van der Waals surface area (Å²) in [7, 11) is 1.67. The average molecular weight is 274 g/mol. The molecular formula is C12H11FN6O. The van der Waals surface area contributed by atoms with Crippen LogP contribution in [0.15, 0.2) is 29.2 Å². The topological polar surface area (TPSA) is 91.6 Å². The number of benzene rings is 1. The van der Waals surface area contributed by atoms with E-state index in [1.165, 1.54) is 23.0 Å². The van der Waals surface area contributed by atoms with Gasteiger partial charge in [0.2, 0.25) is 0 Å². The van der Waals surface area contributed by atoms with E-state index in [-0.39, 0.29) is 12.1 Å². The van der Waals surface area contributed by atoms with Gasteiger partial charge in [0.1, 0.15) is 11.2 Å². The van der Waals surface area contributed by atoms with E-state index in [2.05, 4.69) is 15.4 Å². The van der Waals surface area contributed by atoms with E-state index in [1.54, 1.807) is 13.1 Å². The van der Waals surface area contributed by atoms with Crippen LogP contribution in [0, 0.1) is 5.82 Å². The van der Waals surface area contributed by atoms with E-state index in [0.29, 0.717) is 22.3 Å². The van der Waals surface area contributed by atoms with E-state index in [0.717, 1.165) is 4.68 Å². The molecule has 0 spiro atoms. The average Bonchev–Trinajstić information content (AvgIpc) is 2.74. The molecular weight excluding hydrogens is 263 g/mol. The summed E-state index contributed by atoms with van der Waals surface area (Å²) < 4.78 is 15.9. The maximum Gasteiger partial charge on any atom is 0.281 e. The number of halogens is 1. The fourth-order valence-corrected chi connectivity index (χ4v) is 2.02. The van der Waals surface area contributed by atoms with Crippen molar-refractivity contribution in [3.63, 3.8) is 0 Å². The lowest BCUT2D eigenvalue weighted by atomic mass is 10.2. The van der Waals surface area contributed by atoms with Gasteiger partial charge in [-0.1, -0.05) is 5.21 Å². The SMILES string of the molecule is Cn1ncc2c(=O)n(Cc3cc(N)cc(F)c3)nnc21. The minimum absolute atomic E-state index is 0.0959. The second-order valence-electron chi connectivity index (χ2n) is 4.45. The number of nitrogen functional groups attached to an aromatic ring is 1. The lowest BCUT2D eigenvalue weighted by Crippen LogP contribution is -2.24. The third-order valence-electron chi connectivity index (χ3n) is 2.93. The number of aryl methyl sites for hydroxylation is 1. The highest BCUT2D eigenvalue weighted by molar-refractivity contribution is 5.72. The molecule has 2 aromatic heterocycles. The van der Waals surface area contributed by atoms with Crippen LogP contribution in [-0.2, 0) is 13.6 Å². The van der Waals surface area contributed by atoms with Gasteiger partial charge in [0.05, 0.1) is 12.7 Å². The molecule has 1 aromatic carbocycles. The van der Waals surface area contributed by atoms with Gasteiger partial charge in [0.15, 0.2) is 5.65 Å². The van der Waals surface area contributed by atoms with Gasteiger partial charge in [-0.3, -0.25) is 4.79 Å². The summed E-state index contributed by atoms with van der Waals surface area (Å²) in [4.78, 5) is 12.2. The van der Waals surface area contributed by atoms with Gasteiger partial charge < -0.3 is 5.73 Å². The first kappa shape index (κ1) is 12.3. The van der Waals surface area contributed by atoms with Gasteiger partial charge in [-0.2, -0.15) is 5.10 Å². The third kappa shape index (κ3) is 2.00. The summed E-state index contributed by atoms with van der Waals surface area (Å²) in [5.41, 5.74) is 6.49. The van der Waals surface area contributed by atoms with Crippen LogP contribution in [0.4, 0.5) is 10.1 Å². The Morgan fingerprint density at radius 2 is 2.15 bits per heavy atom. The third-order valence-corrected chi connectivity index (χ3v) is 2.93. The zero-order valence-corrected chi connectivity index (χ0v) is 10.6. The fourth-order valence-electron chi connectivity index (χ4n) is 2.02. The maximum absolute atomic E-state index is 13.3. The molecule has 0 bridgehead atoms. The van der Waals surface area contributed by atoms with Crippen LogP contribution in [0.5, 0.6) is 0 Å². The van der Waals surface area contributed by atoms with Crippen LogP contribution >= 0.6 is 0 Å². The molecule has 0 aliphatic heterocycles. The highest BCUT2D eigenvalue weighted by atomic mass is 19.1. The normalized spacial score (nSPS) is 11.1. The molecule has 0 aliphatic rings. The summed E-state index contributed by atoms with van der Waals surface area (Å²) >= 11 is 0. The maximum atomic E-state index is 13.3. The number of rotatable bonds is 2. The molecule has 0 atom stereocenters. The number of nitrogens with zero attached hydrogens (tertiary/aromatic N) is 5. The number of aromatic nitrogens is 5. The lowest BCUT2D eigenvalue weighted by molar-refractivity contribution is 0.587. The fraction of sp³-hybridized carbons (Fsp3) is 0.167. The Bertz CT molecular complexity index is 833. The van der Waals surface area contributed by atoms with Gasteiger partial charge in [0, 0.05) is 12.7 Å². The van der Waals surface area contributed by atoms with Crippen LogP contribution in [-0.4, -0.2) is 24.8 Å². The number of fused-ring (bicyclic) bond motifs is 1. The summed E-state index contributed by atoms with van der Waals surface area (Å²) in [6.45, 7) is 0.0959. The molecule has 0 unspecified atom stereocenters. The molecule has 0 amide bonds. The molecule has 102 valence electrons. The smallest absolute Gasteiger partial charge is 0.281 e. The highest BCUT2D eigenvalue weighted by Gasteiger charge is 2.10. The molecule has 2 N–H and O–H groups in total. The van der Waals surface area contributed by atoms with Crippen molar-refractivity contribution in [1.82, 2.24) is 24.8 Å². The molecule has 8 heteroatoms. The predicted octanol–water partition coefficient (Wildman–Crippen LogP) is 0.295. The highest BCUT2D eigenvalue weighted by Crippen LogP contribution is 2.11. The Hall–Kier alpha value is -2.77. The zero-order chi connectivity index (χ0) is 14.3. The van der Waals surface area contributed by atoms with E-state index < -0.39 is 5.82 Å². The van der Waals surface area contributed by atoms with Gasteiger partial charge >= 0.3 is 0 Å². The van der Waals surface area contributed by atoms with E-state index in [9.17, 15) is 9.18 Å². The van der Waals surface area contributed by atoms with Crippen molar-refractivity contribution in [2.75, 3.05) is 5.73 Å². The number of anilines is 1. The number of nitrogens with two attached hydrogens (primary N) is 1. The Morgan fingerprint density at radius 1 is 1.35 bits per heavy atom.